The normalized spacial score (nSPS) is 8.08. The third-order valence-electron chi connectivity index (χ3n) is 0.946. The molecule has 0 amide bonds. The van der Waals surface area contributed by atoms with Crippen LogP contribution in [-0.2, 0) is 0 Å². The number of H-pyrrole nitrogens is 1. The Labute approximate surface area is 98.9 Å². The van der Waals surface area contributed by atoms with Crippen LogP contribution >= 0.6 is 11.6 Å². The second-order valence-corrected chi connectivity index (χ2v) is 2.00. The molecule has 0 aliphatic carbocycles. The molecule has 0 aromatic carbocycles. The molecule has 1 aromatic heterocycles. The van der Waals surface area contributed by atoms with Crippen molar-refractivity contribution in [3.8, 4) is 0 Å². The molecule has 67 valence electrons. The van der Waals surface area contributed by atoms with E-state index in [0.29, 0.717) is 0 Å². The Morgan fingerprint density at radius 1 is 1.62 bits per heavy atom. The summed E-state index contributed by atoms with van der Waals surface area (Å²) in [6.45, 7) is 0. The summed E-state index contributed by atoms with van der Waals surface area (Å²) in [7, 11) is 0. The van der Waals surface area contributed by atoms with Gasteiger partial charge in [0.25, 0.3) is 0 Å². The van der Waals surface area contributed by atoms with Crippen molar-refractivity contribution in [1.82, 2.24) is 9.97 Å². The summed E-state index contributed by atoms with van der Waals surface area (Å²) in [5, 5.41) is 9.87. The number of hydrogen-bond acceptors (Lipinski definition) is 4. The second-order valence-electron chi connectivity index (χ2n) is 1.65. The molecule has 7 nitrogen and oxygen atoms in total. The van der Waals surface area contributed by atoms with Gasteiger partial charge in [-0.05, 0) is 11.6 Å². The van der Waals surface area contributed by atoms with Crippen molar-refractivity contribution < 1.29 is 10.4 Å². The van der Waals surface area contributed by atoms with E-state index < -0.39 is 16.2 Å². The van der Waals surface area contributed by atoms with Crippen LogP contribution in [0.3, 0.4) is 0 Å². The Hall–Kier alpha value is -0.470. The first-order valence-corrected chi connectivity index (χ1v) is 2.88. The number of nitrogens with zero attached hydrogens (tertiary/aromatic N) is 2. The van der Waals surface area contributed by atoms with E-state index in [-0.39, 0.29) is 40.3 Å². The molecule has 13 heavy (non-hydrogen) atoms. The molecule has 0 fully saturated rings. The van der Waals surface area contributed by atoms with Crippen LogP contribution in [0.4, 0.5) is 5.69 Å². The van der Waals surface area contributed by atoms with Gasteiger partial charge in [-0.3, -0.25) is 19.9 Å². The molecule has 0 spiro atoms. The molecule has 0 atom stereocenters. The molecule has 1 rings (SSSR count). The molecule has 1 radical (unpaired) electrons. The Morgan fingerprint density at radius 2 is 2.15 bits per heavy atom. The average Bonchev–Trinajstić information content (AvgIpc) is 1.85. The maximum absolute atomic E-state index is 10.7. The Morgan fingerprint density at radius 3 is 2.54 bits per heavy atom. The van der Waals surface area contributed by atoms with Crippen LogP contribution in [-0.4, -0.2) is 49.9 Å². The monoisotopic (exact) mass is 216 g/mol. The molecule has 1 heterocycles. The minimum absolute atomic E-state index is 0. The van der Waals surface area contributed by atoms with Crippen molar-refractivity contribution in [2.24, 2.45) is 0 Å². The van der Waals surface area contributed by atoms with Crippen molar-refractivity contribution in [2.45, 2.75) is 0 Å². The van der Waals surface area contributed by atoms with E-state index in [1.165, 1.54) is 0 Å². The molecule has 0 saturated carbocycles. The van der Waals surface area contributed by atoms with Gasteiger partial charge in [-0.15, -0.1) is 0 Å². The zero-order chi connectivity index (χ0) is 8.43. The Kier molecular flexibility index (Phi) is 7.00. The number of aromatic amines is 1. The predicted octanol–water partition coefficient (Wildman–Crippen LogP) is -0.874. The minimum atomic E-state index is -0.852. The third-order valence-corrected chi connectivity index (χ3v) is 1.14. The average molecular weight is 217 g/mol. The molecule has 9 heteroatoms. The number of rotatable bonds is 1. The summed E-state index contributed by atoms with van der Waals surface area (Å²) in [4.78, 5) is 25.2. The second kappa shape index (κ2) is 6.06. The SMILES string of the molecule is O.O=c1[nH]c(Cl)ncc1[N+](=O)[O-].[Na]. The van der Waals surface area contributed by atoms with Gasteiger partial charge in [0.1, 0.15) is 6.20 Å². The zero-order valence-electron chi connectivity index (χ0n) is 6.57. The van der Waals surface area contributed by atoms with Crippen LogP contribution in [0, 0.1) is 10.1 Å². The predicted molar refractivity (Wildman–Crippen MR) is 45.9 cm³/mol. The quantitative estimate of drug-likeness (QED) is 0.284. The van der Waals surface area contributed by atoms with Crippen molar-refractivity contribution in [2.75, 3.05) is 0 Å². The number of halogens is 1. The van der Waals surface area contributed by atoms with Gasteiger partial charge in [0, 0.05) is 29.6 Å². The third kappa shape index (κ3) is 3.83. The topological polar surface area (TPSA) is 120 Å². The Bertz CT molecular complexity index is 353. The molecule has 0 unspecified atom stereocenters. The van der Waals surface area contributed by atoms with E-state index in [0.717, 1.165) is 6.20 Å². The summed E-state index contributed by atoms with van der Waals surface area (Å²) < 4.78 is 0. The minimum Gasteiger partial charge on any atom is -0.412 e. The van der Waals surface area contributed by atoms with Gasteiger partial charge >= 0.3 is 11.2 Å². The first-order chi connectivity index (χ1) is 5.11. The molecule has 0 aliphatic rings. The molecular weight excluding hydrogens is 213 g/mol. The molecule has 0 aliphatic heterocycles. The van der Waals surface area contributed by atoms with E-state index in [9.17, 15) is 14.9 Å². The maximum Gasteiger partial charge on any atom is 0.352 e. The fourth-order valence-corrected chi connectivity index (χ4v) is 0.631. The standard InChI is InChI=1S/C4H2ClN3O3.Na.H2O/c5-4-6-1-2(8(10)11)3(9)7-4;;/h1H,(H,6,7,9);;1H2. The number of hydrogen-bond donors (Lipinski definition) is 1. The molecule has 0 saturated heterocycles. The van der Waals surface area contributed by atoms with Crippen molar-refractivity contribution >= 4 is 46.8 Å². The summed E-state index contributed by atoms with van der Waals surface area (Å²) in [5.41, 5.74) is -1.47. The van der Waals surface area contributed by atoms with Crippen LogP contribution in [0.2, 0.25) is 5.28 Å². The van der Waals surface area contributed by atoms with Crippen LogP contribution in [0.1, 0.15) is 0 Å². The smallest absolute Gasteiger partial charge is 0.352 e. The molecule has 1 aromatic rings. The maximum atomic E-state index is 10.7. The van der Waals surface area contributed by atoms with Crippen LogP contribution in [0.5, 0.6) is 0 Å². The largest absolute Gasteiger partial charge is 0.412 e. The zero-order valence-corrected chi connectivity index (χ0v) is 9.33. The van der Waals surface area contributed by atoms with Crippen LogP contribution in [0.25, 0.3) is 0 Å². The first-order valence-electron chi connectivity index (χ1n) is 2.50. The van der Waals surface area contributed by atoms with Crippen LogP contribution in [0.15, 0.2) is 11.0 Å². The van der Waals surface area contributed by atoms with Crippen molar-refractivity contribution in [3.05, 3.63) is 31.9 Å². The van der Waals surface area contributed by atoms with Gasteiger partial charge in [0.2, 0.25) is 5.28 Å². The summed E-state index contributed by atoms with van der Waals surface area (Å²) in [6, 6.07) is 0. The number of aromatic nitrogens is 2. The van der Waals surface area contributed by atoms with Crippen molar-refractivity contribution in [3.63, 3.8) is 0 Å². The fraction of sp³-hybridized carbons (Fsp3) is 0. The van der Waals surface area contributed by atoms with E-state index >= 15 is 0 Å². The number of nitro groups is 1. The van der Waals surface area contributed by atoms with E-state index in [2.05, 4.69) is 4.98 Å². The van der Waals surface area contributed by atoms with Gasteiger partial charge in [-0.1, -0.05) is 0 Å². The van der Waals surface area contributed by atoms with E-state index in [1.807, 2.05) is 4.98 Å². The van der Waals surface area contributed by atoms with Crippen molar-refractivity contribution in [1.29, 1.82) is 0 Å². The fourth-order valence-electron chi connectivity index (χ4n) is 0.496. The van der Waals surface area contributed by atoms with E-state index in [4.69, 9.17) is 11.6 Å². The van der Waals surface area contributed by atoms with Gasteiger partial charge in [0.05, 0.1) is 4.92 Å². The first kappa shape index (κ1) is 15.0. The summed E-state index contributed by atoms with van der Waals surface area (Å²) in [6.07, 6.45) is 0.807. The van der Waals surface area contributed by atoms with Crippen LogP contribution < -0.4 is 5.56 Å². The van der Waals surface area contributed by atoms with Gasteiger partial charge < -0.3 is 5.48 Å². The van der Waals surface area contributed by atoms with Gasteiger partial charge in [0.15, 0.2) is 0 Å². The summed E-state index contributed by atoms with van der Waals surface area (Å²) >= 11 is 5.23. The molecular formula is C4H4ClN3NaO4. The molecule has 3 N–H and O–H groups in total. The summed E-state index contributed by atoms with van der Waals surface area (Å²) in [5.74, 6) is 0. The number of nitrogens with one attached hydrogen (secondary N) is 1. The molecule has 0 bridgehead atoms. The van der Waals surface area contributed by atoms with Gasteiger partial charge in [-0.25, -0.2) is 4.98 Å². The van der Waals surface area contributed by atoms with Gasteiger partial charge in [-0.2, -0.15) is 0 Å². The Balaban J connectivity index is 0. The van der Waals surface area contributed by atoms with E-state index in [1.54, 1.807) is 0 Å².